The van der Waals surface area contributed by atoms with E-state index in [4.69, 9.17) is 5.73 Å². The molecule has 8 nitrogen and oxygen atoms in total. The Morgan fingerprint density at radius 3 is 2.31 bits per heavy atom. The van der Waals surface area contributed by atoms with E-state index in [2.05, 4.69) is 10.2 Å². The van der Waals surface area contributed by atoms with Gasteiger partial charge in [0.2, 0.25) is 0 Å². The van der Waals surface area contributed by atoms with E-state index in [9.17, 15) is 14.0 Å². The van der Waals surface area contributed by atoms with Crippen LogP contribution in [0.1, 0.15) is 21.6 Å². The van der Waals surface area contributed by atoms with E-state index in [0.717, 1.165) is 11.1 Å². The van der Waals surface area contributed by atoms with Gasteiger partial charge in [-0.25, -0.2) is 18.4 Å². The Labute approximate surface area is 164 Å². The van der Waals surface area contributed by atoms with Gasteiger partial charge in [-0.2, -0.15) is 10.2 Å². The lowest BCUT2D eigenvalue weighted by Crippen LogP contribution is -2.24. The second kappa shape index (κ2) is 7.55. The largest absolute Gasteiger partial charge is 0.364 e. The van der Waals surface area contributed by atoms with Gasteiger partial charge in [0.15, 0.2) is 5.82 Å². The monoisotopic (exact) mass is 392 g/mol. The fourth-order valence-corrected chi connectivity index (χ4v) is 2.96. The van der Waals surface area contributed by atoms with Crippen LogP contribution in [0.5, 0.6) is 0 Å². The maximum Gasteiger partial charge on any atom is 0.351 e. The molecule has 0 unspecified atom stereocenters. The van der Waals surface area contributed by atoms with E-state index < -0.39 is 11.6 Å². The maximum absolute atomic E-state index is 13.1. The summed E-state index contributed by atoms with van der Waals surface area (Å²) >= 11 is 0. The molecule has 4 rings (SSSR count). The van der Waals surface area contributed by atoms with Crippen LogP contribution in [0.15, 0.2) is 71.8 Å². The quantitative estimate of drug-likeness (QED) is 0.538. The third-order valence-corrected chi connectivity index (χ3v) is 4.42. The number of hydrogen-bond donors (Lipinski definition) is 1. The summed E-state index contributed by atoms with van der Waals surface area (Å²) in [6.07, 6.45) is 1.33. The highest BCUT2D eigenvalue weighted by molar-refractivity contribution is 5.91. The van der Waals surface area contributed by atoms with E-state index in [1.165, 1.54) is 38.5 Å². The Bertz CT molecular complexity index is 1210. The number of nitrogens with two attached hydrogens (primary N) is 1. The molecule has 0 fully saturated rings. The number of rotatable bonds is 6. The van der Waals surface area contributed by atoms with Gasteiger partial charge in [0, 0.05) is 6.07 Å². The zero-order valence-corrected chi connectivity index (χ0v) is 15.3. The van der Waals surface area contributed by atoms with Crippen molar-refractivity contribution in [3.63, 3.8) is 0 Å². The lowest BCUT2D eigenvalue weighted by molar-refractivity contribution is 0.0990. The molecular formula is C20H17FN6O2. The van der Waals surface area contributed by atoms with E-state index in [-0.39, 0.29) is 23.9 Å². The summed E-state index contributed by atoms with van der Waals surface area (Å²) in [4.78, 5) is 24.6. The van der Waals surface area contributed by atoms with Gasteiger partial charge in [0.05, 0.1) is 13.1 Å². The molecule has 0 aliphatic heterocycles. The maximum atomic E-state index is 13.1. The predicted molar refractivity (Wildman–Crippen MR) is 103 cm³/mol. The zero-order valence-electron chi connectivity index (χ0n) is 15.3. The number of halogens is 1. The molecular weight excluding hydrogens is 375 g/mol. The van der Waals surface area contributed by atoms with Gasteiger partial charge < -0.3 is 5.73 Å². The summed E-state index contributed by atoms with van der Waals surface area (Å²) in [5.41, 5.74) is 6.89. The number of amides is 1. The van der Waals surface area contributed by atoms with Crippen molar-refractivity contribution in [1.82, 2.24) is 24.1 Å². The number of nitrogens with zero attached hydrogens (tertiary/aromatic N) is 5. The van der Waals surface area contributed by atoms with Crippen molar-refractivity contribution in [2.24, 2.45) is 5.73 Å². The van der Waals surface area contributed by atoms with Crippen LogP contribution in [-0.4, -0.2) is 30.0 Å². The second-order valence-corrected chi connectivity index (χ2v) is 6.46. The van der Waals surface area contributed by atoms with Crippen molar-refractivity contribution in [2.75, 3.05) is 0 Å². The number of aromatic nitrogens is 5. The molecule has 9 heteroatoms. The number of carbonyl (C=O) groups excluding carboxylic acids is 1. The lowest BCUT2D eigenvalue weighted by atomic mass is 10.2. The minimum absolute atomic E-state index is 0.180. The summed E-state index contributed by atoms with van der Waals surface area (Å²) in [7, 11) is 0. The van der Waals surface area contributed by atoms with Crippen LogP contribution in [0.3, 0.4) is 0 Å². The molecule has 0 saturated heterocycles. The standard InChI is InChI=1S/C20H17FN6O2/c21-16-8-6-15(7-9-16)12-27-20(29)25(13-23-27)18-10-17(19(22)28)26(24-18)11-14-4-2-1-3-5-14/h1-10,13H,11-12H2,(H2,22,28). The minimum atomic E-state index is -0.647. The summed E-state index contributed by atoms with van der Waals surface area (Å²) in [5, 5.41) is 8.45. The number of benzene rings is 2. The van der Waals surface area contributed by atoms with Gasteiger partial charge in [0.25, 0.3) is 5.91 Å². The first kappa shape index (κ1) is 18.4. The van der Waals surface area contributed by atoms with E-state index >= 15 is 0 Å². The van der Waals surface area contributed by atoms with Crippen molar-refractivity contribution < 1.29 is 9.18 Å². The molecule has 29 heavy (non-hydrogen) atoms. The molecule has 2 aromatic carbocycles. The van der Waals surface area contributed by atoms with Crippen LogP contribution in [0.25, 0.3) is 5.82 Å². The predicted octanol–water partition coefficient (Wildman–Crippen LogP) is 1.57. The topological polar surface area (TPSA) is 101 Å². The zero-order chi connectivity index (χ0) is 20.4. The van der Waals surface area contributed by atoms with Crippen LogP contribution in [0.2, 0.25) is 0 Å². The Morgan fingerprint density at radius 2 is 1.62 bits per heavy atom. The molecule has 1 amide bonds. The fourth-order valence-electron chi connectivity index (χ4n) is 2.96. The molecule has 0 bridgehead atoms. The second-order valence-electron chi connectivity index (χ2n) is 6.46. The highest BCUT2D eigenvalue weighted by atomic mass is 19.1. The average molecular weight is 392 g/mol. The third kappa shape index (κ3) is 3.84. The minimum Gasteiger partial charge on any atom is -0.364 e. The molecule has 0 atom stereocenters. The van der Waals surface area contributed by atoms with Gasteiger partial charge >= 0.3 is 5.69 Å². The fraction of sp³-hybridized carbons (Fsp3) is 0.100. The van der Waals surface area contributed by atoms with Gasteiger partial charge in [-0.3, -0.25) is 9.48 Å². The van der Waals surface area contributed by atoms with Crippen LogP contribution in [0.4, 0.5) is 4.39 Å². The molecule has 2 heterocycles. The number of primary amides is 1. The summed E-state index contributed by atoms with van der Waals surface area (Å²) < 4.78 is 17.0. The smallest absolute Gasteiger partial charge is 0.351 e. The van der Waals surface area contributed by atoms with Gasteiger partial charge in [-0.15, -0.1) is 0 Å². The first-order chi connectivity index (χ1) is 14.0. The molecule has 146 valence electrons. The van der Waals surface area contributed by atoms with E-state index in [0.29, 0.717) is 6.54 Å². The molecule has 0 radical (unpaired) electrons. The molecule has 0 aliphatic carbocycles. The number of carbonyl (C=O) groups is 1. The van der Waals surface area contributed by atoms with Gasteiger partial charge in [-0.05, 0) is 23.3 Å². The Balaban J connectivity index is 1.65. The van der Waals surface area contributed by atoms with Crippen LogP contribution >= 0.6 is 0 Å². The summed E-state index contributed by atoms with van der Waals surface area (Å²) in [6.45, 7) is 0.511. The molecule has 0 spiro atoms. The molecule has 4 aromatic rings. The highest BCUT2D eigenvalue weighted by Crippen LogP contribution is 2.11. The lowest BCUT2D eigenvalue weighted by Gasteiger charge is -2.04. The van der Waals surface area contributed by atoms with E-state index in [1.54, 1.807) is 12.1 Å². The Hall–Kier alpha value is -4.01. The molecule has 0 saturated carbocycles. The normalized spacial score (nSPS) is 10.9. The van der Waals surface area contributed by atoms with Crippen molar-refractivity contribution in [3.8, 4) is 5.82 Å². The first-order valence-corrected chi connectivity index (χ1v) is 8.82. The van der Waals surface area contributed by atoms with Crippen LogP contribution < -0.4 is 11.4 Å². The number of hydrogen-bond acceptors (Lipinski definition) is 4. The highest BCUT2D eigenvalue weighted by Gasteiger charge is 2.17. The Morgan fingerprint density at radius 1 is 0.966 bits per heavy atom. The van der Waals surface area contributed by atoms with Crippen molar-refractivity contribution in [2.45, 2.75) is 13.1 Å². The summed E-state index contributed by atoms with van der Waals surface area (Å²) in [5.74, 6) is -0.758. The molecule has 2 N–H and O–H groups in total. The van der Waals surface area contributed by atoms with Crippen LogP contribution in [0, 0.1) is 5.82 Å². The molecule has 0 aliphatic rings. The first-order valence-electron chi connectivity index (χ1n) is 8.82. The van der Waals surface area contributed by atoms with Crippen molar-refractivity contribution in [3.05, 3.63) is 100 Å². The Kier molecular flexibility index (Phi) is 4.78. The SMILES string of the molecule is NC(=O)c1cc(-n2cnn(Cc3ccc(F)cc3)c2=O)nn1Cc1ccccc1. The summed E-state index contributed by atoms with van der Waals surface area (Å²) in [6, 6.07) is 16.7. The van der Waals surface area contributed by atoms with Crippen molar-refractivity contribution in [1.29, 1.82) is 0 Å². The van der Waals surface area contributed by atoms with Crippen molar-refractivity contribution >= 4 is 5.91 Å². The van der Waals surface area contributed by atoms with E-state index in [1.807, 2.05) is 30.3 Å². The average Bonchev–Trinajstić information content (AvgIpc) is 3.28. The third-order valence-electron chi connectivity index (χ3n) is 4.42. The van der Waals surface area contributed by atoms with Gasteiger partial charge in [0.1, 0.15) is 17.8 Å². The molecule has 2 aromatic heterocycles. The van der Waals surface area contributed by atoms with Gasteiger partial charge in [-0.1, -0.05) is 42.5 Å². The van der Waals surface area contributed by atoms with Crippen LogP contribution in [-0.2, 0) is 13.1 Å².